The van der Waals surface area contributed by atoms with Crippen LogP contribution >= 0.6 is 0 Å². The van der Waals surface area contributed by atoms with Crippen LogP contribution in [0.25, 0.3) is 0 Å². The highest BCUT2D eigenvalue weighted by Gasteiger charge is 2.27. The Hall–Kier alpha value is -3.43. The van der Waals surface area contributed by atoms with Gasteiger partial charge >= 0.3 is 0 Å². The molecule has 0 spiro atoms. The lowest BCUT2D eigenvalue weighted by molar-refractivity contribution is -0.116. The molecule has 1 heterocycles. The second-order valence-electron chi connectivity index (χ2n) is 6.83. The lowest BCUT2D eigenvalue weighted by Gasteiger charge is -2.22. The molecule has 0 atom stereocenters. The van der Waals surface area contributed by atoms with E-state index in [2.05, 4.69) is 5.32 Å². The quantitative estimate of drug-likeness (QED) is 0.606. The molecule has 160 valence electrons. The van der Waals surface area contributed by atoms with Gasteiger partial charge in [0.1, 0.15) is 5.82 Å². The zero-order valence-electron chi connectivity index (χ0n) is 16.3. The summed E-state index contributed by atoms with van der Waals surface area (Å²) in [5.74, 6) is 0.114. The molecule has 3 aromatic rings. The van der Waals surface area contributed by atoms with Crippen molar-refractivity contribution in [2.75, 3.05) is 18.7 Å². The second-order valence-corrected chi connectivity index (χ2v) is 8.77. The molecule has 1 N–H and O–H groups in total. The van der Waals surface area contributed by atoms with E-state index in [0.717, 1.165) is 4.31 Å². The van der Waals surface area contributed by atoms with E-state index in [0.29, 0.717) is 22.7 Å². The zero-order valence-corrected chi connectivity index (χ0v) is 17.1. The summed E-state index contributed by atoms with van der Waals surface area (Å²) in [5.41, 5.74) is 1.00. The Morgan fingerprint density at radius 3 is 2.42 bits per heavy atom. The molecule has 0 saturated carbocycles. The van der Waals surface area contributed by atoms with E-state index in [1.54, 1.807) is 36.4 Å². The van der Waals surface area contributed by atoms with Crippen LogP contribution in [0.4, 0.5) is 10.1 Å². The van der Waals surface area contributed by atoms with Gasteiger partial charge in [-0.2, -0.15) is 4.31 Å². The van der Waals surface area contributed by atoms with Gasteiger partial charge in [-0.25, -0.2) is 12.8 Å². The number of nitrogens with one attached hydrogen (secondary N) is 1. The third-order valence-corrected chi connectivity index (χ3v) is 6.44. The second kappa shape index (κ2) is 8.75. The highest BCUT2D eigenvalue weighted by Crippen LogP contribution is 2.34. The number of hydrogen-bond acceptors (Lipinski definition) is 5. The number of hydrogen-bond donors (Lipinski definition) is 1. The molecular weight excluding hydrogens is 423 g/mol. The van der Waals surface area contributed by atoms with Crippen molar-refractivity contribution in [1.82, 2.24) is 4.31 Å². The average Bonchev–Trinajstić information content (AvgIpc) is 3.23. The molecule has 0 radical (unpaired) electrons. The Morgan fingerprint density at radius 1 is 0.968 bits per heavy atom. The largest absolute Gasteiger partial charge is 0.454 e. The fourth-order valence-electron chi connectivity index (χ4n) is 3.10. The Morgan fingerprint density at radius 2 is 1.68 bits per heavy atom. The fraction of sp³-hybridized carbons (Fsp3) is 0.136. The van der Waals surface area contributed by atoms with Gasteiger partial charge < -0.3 is 14.8 Å². The van der Waals surface area contributed by atoms with Crippen molar-refractivity contribution in [1.29, 1.82) is 0 Å². The predicted octanol–water partition coefficient (Wildman–Crippen LogP) is 3.38. The molecule has 9 heteroatoms. The number of fused-ring (bicyclic) bond motifs is 1. The number of carbonyl (C=O) groups is 1. The van der Waals surface area contributed by atoms with Crippen molar-refractivity contribution >= 4 is 21.6 Å². The smallest absolute Gasteiger partial charge is 0.243 e. The van der Waals surface area contributed by atoms with E-state index in [4.69, 9.17) is 9.47 Å². The maximum atomic E-state index is 13.3. The van der Waals surface area contributed by atoms with Crippen molar-refractivity contribution in [3.05, 3.63) is 84.2 Å². The number of sulfonamides is 1. The molecular formula is C22H19FN2O5S. The number of halogens is 1. The first-order valence-corrected chi connectivity index (χ1v) is 10.8. The van der Waals surface area contributed by atoms with Gasteiger partial charge in [0.25, 0.3) is 0 Å². The minimum atomic E-state index is -3.97. The van der Waals surface area contributed by atoms with Crippen molar-refractivity contribution < 1.29 is 27.1 Å². The summed E-state index contributed by atoms with van der Waals surface area (Å²) in [5, 5.41) is 2.68. The van der Waals surface area contributed by atoms with Crippen LogP contribution in [0.3, 0.4) is 0 Å². The Kier molecular flexibility index (Phi) is 5.88. The molecule has 1 amide bonds. The molecule has 31 heavy (non-hydrogen) atoms. The summed E-state index contributed by atoms with van der Waals surface area (Å²) in [6.45, 7) is -0.414. The highest BCUT2D eigenvalue weighted by atomic mass is 32.2. The molecule has 0 saturated heterocycles. The molecule has 7 nitrogen and oxygen atoms in total. The van der Waals surface area contributed by atoms with Gasteiger partial charge in [0, 0.05) is 18.3 Å². The van der Waals surface area contributed by atoms with E-state index in [9.17, 15) is 17.6 Å². The number of nitrogens with zero attached hydrogens (tertiary/aromatic N) is 1. The Balaban J connectivity index is 1.56. The Bertz CT molecular complexity index is 1180. The van der Waals surface area contributed by atoms with Crippen LogP contribution in [0.1, 0.15) is 5.56 Å². The lowest BCUT2D eigenvalue weighted by atomic mass is 10.2. The molecule has 0 fully saturated rings. The fourth-order valence-corrected chi connectivity index (χ4v) is 4.50. The minimum Gasteiger partial charge on any atom is -0.454 e. The van der Waals surface area contributed by atoms with Gasteiger partial charge in [0.05, 0.1) is 11.4 Å². The molecule has 3 aromatic carbocycles. The SMILES string of the molecule is O=C(CN(Cc1ccc(F)cc1)S(=O)(=O)c1ccccc1)Nc1ccc2c(c1)OCO2. The van der Waals surface area contributed by atoms with Crippen LogP contribution in [0.2, 0.25) is 0 Å². The summed E-state index contributed by atoms with van der Waals surface area (Å²) in [6.07, 6.45) is 0. The summed E-state index contributed by atoms with van der Waals surface area (Å²) in [4.78, 5) is 12.8. The Labute approximate surface area is 179 Å². The van der Waals surface area contributed by atoms with Crippen LogP contribution < -0.4 is 14.8 Å². The van der Waals surface area contributed by atoms with E-state index in [-0.39, 0.29) is 18.2 Å². The normalized spacial score (nSPS) is 12.7. The van der Waals surface area contributed by atoms with Crippen molar-refractivity contribution in [2.24, 2.45) is 0 Å². The standard InChI is InChI=1S/C22H19FN2O5S/c23-17-8-6-16(7-9-17)13-25(31(27,28)19-4-2-1-3-5-19)14-22(26)24-18-10-11-20-21(12-18)30-15-29-20/h1-12H,13-15H2,(H,24,26). The molecule has 0 unspecified atom stereocenters. The highest BCUT2D eigenvalue weighted by molar-refractivity contribution is 7.89. The number of rotatable bonds is 7. The summed E-state index contributed by atoms with van der Waals surface area (Å²) >= 11 is 0. The number of amides is 1. The van der Waals surface area contributed by atoms with Gasteiger partial charge in [0.15, 0.2) is 11.5 Å². The van der Waals surface area contributed by atoms with Gasteiger partial charge in [-0.05, 0) is 42.0 Å². The summed E-state index contributed by atoms with van der Waals surface area (Å²) < 4.78 is 51.2. The van der Waals surface area contributed by atoms with Crippen molar-refractivity contribution in [3.8, 4) is 11.5 Å². The van der Waals surface area contributed by atoms with Crippen molar-refractivity contribution in [2.45, 2.75) is 11.4 Å². The number of ether oxygens (including phenoxy) is 2. The van der Waals surface area contributed by atoms with Crippen LogP contribution in [-0.2, 0) is 21.4 Å². The number of carbonyl (C=O) groups excluding carboxylic acids is 1. The lowest BCUT2D eigenvalue weighted by Crippen LogP contribution is -2.37. The van der Waals surface area contributed by atoms with Crippen LogP contribution in [0, 0.1) is 5.82 Å². The molecule has 0 bridgehead atoms. The van der Waals surface area contributed by atoms with Gasteiger partial charge in [-0.3, -0.25) is 4.79 Å². The molecule has 1 aliphatic heterocycles. The summed E-state index contributed by atoms with van der Waals surface area (Å²) in [6, 6.07) is 18.2. The third-order valence-electron chi connectivity index (χ3n) is 4.63. The first kappa shape index (κ1) is 20.8. The molecule has 0 aliphatic carbocycles. The minimum absolute atomic E-state index is 0.0630. The average molecular weight is 442 g/mol. The van der Waals surface area contributed by atoms with Crippen LogP contribution in [-0.4, -0.2) is 32.0 Å². The van der Waals surface area contributed by atoms with Crippen molar-refractivity contribution in [3.63, 3.8) is 0 Å². The zero-order chi connectivity index (χ0) is 21.8. The number of benzene rings is 3. The van der Waals surface area contributed by atoms with Crippen LogP contribution in [0.5, 0.6) is 11.5 Å². The maximum Gasteiger partial charge on any atom is 0.243 e. The van der Waals surface area contributed by atoms with E-state index in [1.165, 1.54) is 36.4 Å². The molecule has 1 aliphatic rings. The van der Waals surface area contributed by atoms with Gasteiger partial charge in [-0.1, -0.05) is 30.3 Å². The van der Waals surface area contributed by atoms with Crippen LogP contribution in [0.15, 0.2) is 77.7 Å². The first-order chi connectivity index (χ1) is 14.9. The first-order valence-electron chi connectivity index (χ1n) is 9.41. The van der Waals surface area contributed by atoms with Gasteiger partial charge in [-0.15, -0.1) is 0 Å². The summed E-state index contributed by atoms with van der Waals surface area (Å²) in [7, 11) is -3.97. The van der Waals surface area contributed by atoms with E-state index in [1.807, 2.05) is 0 Å². The third kappa shape index (κ3) is 4.84. The maximum absolute atomic E-state index is 13.3. The monoisotopic (exact) mass is 442 g/mol. The number of anilines is 1. The van der Waals surface area contributed by atoms with E-state index < -0.39 is 28.3 Å². The molecule has 4 rings (SSSR count). The van der Waals surface area contributed by atoms with E-state index >= 15 is 0 Å². The topological polar surface area (TPSA) is 84.9 Å². The molecule has 0 aromatic heterocycles. The van der Waals surface area contributed by atoms with Gasteiger partial charge in [0.2, 0.25) is 22.7 Å². The predicted molar refractivity (Wildman–Crippen MR) is 112 cm³/mol.